The standard InChI is InChI=1S/C33H40N4O2/c1-26-9-6-12-28(23-26)24-34-33(38)30-25-37(32-29(30)13-7-14-31(32)39-2)17-8-16-35-19-21-36(22-20-35)18-15-27-10-4-3-5-11-27/h3-7,9-14,23,25H,8,15-22,24H2,1-2H3,(H,34,38). The predicted octanol–water partition coefficient (Wildman–Crippen LogP) is 5.14. The molecule has 1 N–H and O–H groups in total. The highest BCUT2D eigenvalue weighted by atomic mass is 16.5. The molecule has 39 heavy (non-hydrogen) atoms. The molecule has 0 spiro atoms. The van der Waals surface area contributed by atoms with Crippen LogP contribution in [0.3, 0.4) is 0 Å². The van der Waals surface area contributed by atoms with Crippen molar-refractivity contribution in [3.8, 4) is 5.75 Å². The van der Waals surface area contributed by atoms with Crippen molar-refractivity contribution in [1.29, 1.82) is 0 Å². The molecule has 0 radical (unpaired) electrons. The summed E-state index contributed by atoms with van der Waals surface area (Å²) in [5.74, 6) is 0.748. The third kappa shape index (κ3) is 6.88. The van der Waals surface area contributed by atoms with Gasteiger partial charge in [0.2, 0.25) is 0 Å². The summed E-state index contributed by atoms with van der Waals surface area (Å²) in [6.45, 7) is 10.1. The Labute approximate surface area is 232 Å². The molecule has 0 atom stereocenters. The number of fused-ring (bicyclic) bond motifs is 1. The number of aryl methyl sites for hydroxylation is 2. The number of nitrogens with one attached hydrogen (secondary N) is 1. The van der Waals surface area contributed by atoms with E-state index in [1.54, 1.807) is 7.11 Å². The van der Waals surface area contributed by atoms with Crippen LogP contribution in [0.5, 0.6) is 5.75 Å². The maximum absolute atomic E-state index is 13.2. The van der Waals surface area contributed by atoms with Gasteiger partial charge in [0, 0.05) is 57.4 Å². The lowest BCUT2D eigenvalue weighted by molar-refractivity contribution is 0.0952. The first kappa shape index (κ1) is 27.0. The zero-order valence-corrected chi connectivity index (χ0v) is 23.2. The van der Waals surface area contributed by atoms with Gasteiger partial charge in [-0.2, -0.15) is 0 Å². The van der Waals surface area contributed by atoms with Gasteiger partial charge in [0.25, 0.3) is 5.91 Å². The van der Waals surface area contributed by atoms with Crippen LogP contribution in [-0.2, 0) is 19.5 Å². The van der Waals surface area contributed by atoms with E-state index in [-0.39, 0.29) is 5.91 Å². The predicted molar refractivity (Wildman–Crippen MR) is 158 cm³/mol. The summed E-state index contributed by atoms with van der Waals surface area (Å²) in [7, 11) is 1.70. The number of piperazine rings is 1. The molecular formula is C33H40N4O2. The van der Waals surface area contributed by atoms with E-state index in [9.17, 15) is 4.79 Å². The molecule has 3 aromatic carbocycles. The van der Waals surface area contributed by atoms with E-state index < -0.39 is 0 Å². The Morgan fingerprint density at radius 2 is 1.56 bits per heavy atom. The van der Waals surface area contributed by atoms with Crippen LogP contribution in [0.2, 0.25) is 0 Å². The van der Waals surface area contributed by atoms with Crippen molar-refractivity contribution < 1.29 is 9.53 Å². The molecule has 1 aliphatic rings. The fourth-order valence-electron chi connectivity index (χ4n) is 5.58. The van der Waals surface area contributed by atoms with E-state index in [2.05, 4.69) is 69.1 Å². The Morgan fingerprint density at radius 1 is 0.846 bits per heavy atom. The average molecular weight is 525 g/mol. The minimum absolute atomic E-state index is 0.0554. The Morgan fingerprint density at radius 3 is 2.31 bits per heavy atom. The van der Waals surface area contributed by atoms with Gasteiger partial charge >= 0.3 is 0 Å². The van der Waals surface area contributed by atoms with Crippen molar-refractivity contribution in [2.75, 3.05) is 46.4 Å². The molecule has 2 heterocycles. The van der Waals surface area contributed by atoms with E-state index >= 15 is 0 Å². The van der Waals surface area contributed by atoms with E-state index in [0.29, 0.717) is 12.1 Å². The lowest BCUT2D eigenvalue weighted by Crippen LogP contribution is -2.47. The van der Waals surface area contributed by atoms with Crippen LogP contribution in [0.1, 0.15) is 33.5 Å². The van der Waals surface area contributed by atoms with Crippen molar-refractivity contribution in [2.24, 2.45) is 0 Å². The van der Waals surface area contributed by atoms with Crippen LogP contribution in [-0.4, -0.2) is 66.7 Å². The lowest BCUT2D eigenvalue weighted by Gasteiger charge is -2.34. The highest BCUT2D eigenvalue weighted by Crippen LogP contribution is 2.30. The first-order valence-electron chi connectivity index (χ1n) is 14.1. The van der Waals surface area contributed by atoms with Crippen LogP contribution in [0, 0.1) is 6.92 Å². The second-order valence-corrected chi connectivity index (χ2v) is 10.5. The van der Waals surface area contributed by atoms with E-state index in [1.165, 1.54) is 11.1 Å². The Hall–Kier alpha value is -3.61. The molecule has 6 nitrogen and oxygen atoms in total. The molecule has 4 aromatic rings. The van der Waals surface area contributed by atoms with Gasteiger partial charge in [-0.1, -0.05) is 72.3 Å². The Bertz CT molecular complexity index is 1370. The number of aromatic nitrogens is 1. The number of rotatable bonds is 11. The van der Waals surface area contributed by atoms with Gasteiger partial charge in [-0.15, -0.1) is 0 Å². The lowest BCUT2D eigenvalue weighted by atomic mass is 10.1. The zero-order chi connectivity index (χ0) is 27.0. The first-order valence-corrected chi connectivity index (χ1v) is 14.1. The molecule has 0 saturated carbocycles. The molecule has 1 aromatic heterocycles. The highest BCUT2D eigenvalue weighted by Gasteiger charge is 2.19. The fraction of sp³-hybridized carbons (Fsp3) is 0.364. The van der Waals surface area contributed by atoms with Gasteiger partial charge in [-0.05, 0) is 43.5 Å². The van der Waals surface area contributed by atoms with Gasteiger partial charge in [-0.25, -0.2) is 0 Å². The molecule has 6 heteroatoms. The van der Waals surface area contributed by atoms with E-state index in [1.807, 2.05) is 36.5 Å². The van der Waals surface area contributed by atoms with Crippen LogP contribution < -0.4 is 10.1 Å². The summed E-state index contributed by atoms with van der Waals surface area (Å²) >= 11 is 0. The number of para-hydroxylation sites is 1. The molecule has 1 aliphatic heterocycles. The van der Waals surface area contributed by atoms with Crippen molar-refractivity contribution in [2.45, 2.75) is 32.9 Å². The van der Waals surface area contributed by atoms with Gasteiger partial charge < -0.3 is 24.4 Å². The summed E-state index contributed by atoms with van der Waals surface area (Å²) < 4.78 is 7.90. The minimum Gasteiger partial charge on any atom is -0.495 e. The van der Waals surface area contributed by atoms with E-state index in [4.69, 9.17) is 4.74 Å². The minimum atomic E-state index is -0.0554. The number of carbonyl (C=O) groups is 1. The molecule has 5 rings (SSSR count). The van der Waals surface area contributed by atoms with E-state index in [0.717, 1.165) is 80.9 Å². The number of hydrogen-bond acceptors (Lipinski definition) is 4. The Balaban J connectivity index is 1.17. The zero-order valence-electron chi connectivity index (χ0n) is 23.2. The third-order valence-corrected chi connectivity index (χ3v) is 7.76. The molecule has 0 unspecified atom stereocenters. The fourth-order valence-corrected chi connectivity index (χ4v) is 5.58. The number of benzene rings is 3. The molecule has 0 aliphatic carbocycles. The smallest absolute Gasteiger partial charge is 0.253 e. The van der Waals surface area contributed by atoms with Crippen LogP contribution >= 0.6 is 0 Å². The molecule has 1 fully saturated rings. The monoisotopic (exact) mass is 524 g/mol. The van der Waals surface area contributed by atoms with Crippen molar-refractivity contribution in [3.63, 3.8) is 0 Å². The second-order valence-electron chi connectivity index (χ2n) is 10.5. The average Bonchev–Trinajstić information content (AvgIpc) is 3.35. The maximum atomic E-state index is 13.2. The normalized spacial score (nSPS) is 14.5. The van der Waals surface area contributed by atoms with Crippen LogP contribution in [0.25, 0.3) is 10.9 Å². The SMILES string of the molecule is COc1cccc2c(C(=O)NCc3cccc(C)c3)cn(CCCN3CCN(CCc4ccccc4)CC3)c12. The molecule has 1 amide bonds. The summed E-state index contributed by atoms with van der Waals surface area (Å²) in [6, 6.07) is 25.0. The number of carbonyl (C=O) groups excluding carboxylic acids is 1. The van der Waals surface area contributed by atoms with Gasteiger partial charge in [-0.3, -0.25) is 4.79 Å². The van der Waals surface area contributed by atoms with Gasteiger partial charge in [0.05, 0.1) is 18.2 Å². The van der Waals surface area contributed by atoms with Crippen molar-refractivity contribution in [3.05, 3.63) is 101 Å². The van der Waals surface area contributed by atoms with Gasteiger partial charge in [0.15, 0.2) is 0 Å². The molecule has 1 saturated heterocycles. The number of ether oxygens (including phenoxy) is 1. The number of amides is 1. The number of methoxy groups -OCH3 is 1. The molecule has 204 valence electrons. The molecule has 0 bridgehead atoms. The summed E-state index contributed by atoms with van der Waals surface area (Å²) in [5, 5.41) is 4.05. The quantitative estimate of drug-likeness (QED) is 0.295. The highest BCUT2D eigenvalue weighted by molar-refractivity contribution is 6.08. The first-order chi connectivity index (χ1) is 19.1. The summed E-state index contributed by atoms with van der Waals surface area (Å²) in [4.78, 5) is 18.4. The Kier molecular flexibility index (Phi) is 8.96. The van der Waals surface area contributed by atoms with Crippen LogP contribution in [0.15, 0.2) is 79.0 Å². The van der Waals surface area contributed by atoms with Crippen molar-refractivity contribution in [1.82, 2.24) is 19.7 Å². The van der Waals surface area contributed by atoms with Gasteiger partial charge in [0.1, 0.15) is 5.75 Å². The second kappa shape index (κ2) is 13.0. The maximum Gasteiger partial charge on any atom is 0.253 e. The number of hydrogen-bond donors (Lipinski definition) is 1. The van der Waals surface area contributed by atoms with Crippen molar-refractivity contribution >= 4 is 16.8 Å². The van der Waals surface area contributed by atoms with Crippen LogP contribution in [0.4, 0.5) is 0 Å². The topological polar surface area (TPSA) is 49.7 Å². The molecular weight excluding hydrogens is 484 g/mol. The largest absolute Gasteiger partial charge is 0.495 e. The number of nitrogens with zero attached hydrogens (tertiary/aromatic N) is 3. The summed E-state index contributed by atoms with van der Waals surface area (Å²) in [5.41, 5.74) is 5.40. The summed E-state index contributed by atoms with van der Waals surface area (Å²) in [6.07, 6.45) is 4.14. The third-order valence-electron chi connectivity index (χ3n) is 7.76.